The molecule has 0 aromatic carbocycles. The van der Waals surface area contributed by atoms with Crippen molar-refractivity contribution >= 4 is 10.9 Å². The lowest BCUT2D eigenvalue weighted by Crippen LogP contribution is -2.10. The first kappa shape index (κ1) is 15.8. The quantitative estimate of drug-likeness (QED) is 0.729. The van der Waals surface area contributed by atoms with Crippen LogP contribution in [0.1, 0.15) is 32.0 Å². The summed E-state index contributed by atoms with van der Waals surface area (Å²) in [5.74, 6) is 1.21. The molecule has 0 saturated carbocycles. The third-order valence-corrected chi connectivity index (χ3v) is 3.73. The fourth-order valence-corrected chi connectivity index (χ4v) is 2.49. The Kier molecular flexibility index (Phi) is 5.23. The van der Waals surface area contributed by atoms with Crippen LogP contribution in [0.4, 0.5) is 0 Å². The van der Waals surface area contributed by atoms with Crippen molar-refractivity contribution in [1.82, 2.24) is 9.55 Å². The SMILES string of the molecule is CCOCCn1c(C)c(C)c2ccnc(OCC(C)C)c21. The maximum Gasteiger partial charge on any atom is 0.238 e. The zero-order valence-electron chi connectivity index (χ0n) is 13.8. The first-order valence-corrected chi connectivity index (χ1v) is 7.71. The van der Waals surface area contributed by atoms with Gasteiger partial charge in [-0.05, 0) is 38.3 Å². The molecular weight excluding hydrogens is 264 g/mol. The molecule has 0 fully saturated rings. The second-order valence-electron chi connectivity index (χ2n) is 5.78. The van der Waals surface area contributed by atoms with Crippen LogP contribution in [0.15, 0.2) is 12.3 Å². The van der Waals surface area contributed by atoms with Crippen LogP contribution in [0.5, 0.6) is 5.88 Å². The van der Waals surface area contributed by atoms with Gasteiger partial charge in [0, 0.05) is 30.4 Å². The van der Waals surface area contributed by atoms with Crippen LogP contribution < -0.4 is 4.74 Å². The summed E-state index contributed by atoms with van der Waals surface area (Å²) in [4.78, 5) is 4.44. The fourth-order valence-electron chi connectivity index (χ4n) is 2.49. The molecule has 0 aliphatic heterocycles. The van der Waals surface area contributed by atoms with Gasteiger partial charge in [-0.2, -0.15) is 0 Å². The molecule has 2 aromatic rings. The molecule has 0 aliphatic rings. The van der Waals surface area contributed by atoms with Gasteiger partial charge in [0.25, 0.3) is 0 Å². The number of rotatable bonds is 7. The van der Waals surface area contributed by atoms with Crippen LogP contribution >= 0.6 is 0 Å². The zero-order chi connectivity index (χ0) is 15.4. The zero-order valence-corrected chi connectivity index (χ0v) is 13.8. The summed E-state index contributed by atoms with van der Waals surface area (Å²) in [5.41, 5.74) is 3.64. The van der Waals surface area contributed by atoms with E-state index in [1.165, 1.54) is 16.6 Å². The number of pyridine rings is 1. The van der Waals surface area contributed by atoms with Gasteiger partial charge in [-0.3, -0.25) is 0 Å². The van der Waals surface area contributed by atoms with E-state index in [4.69, 9.17) is 9.47 Å². The van der Waals surface area contributed by atoms with Crippen molar-refractivity contribution in [2.24, 2.45) is 5.92 Å². The van der Waals surface area contributed by atoms with Gasteiger partial charge in [0.1, 0.15) is 5.52 Å². The molecule has 116 valence electrons. The molecule has 0 aliphatic carbocycles. The summed E-state index contributed by atoms with van der Waals surface area (Å²) in [5, 5.41) is 1.22. The molecule has 0 radical (unpaired) electrons. The molecule has 2 rings (SSSR count). The van der Waals surface area contributed by atoms with Gasteiger partial charge in [-0.15, -0.1) is 0 Å². The van der Waals surface area contributed by atoms with E-state index in [1.807, 2.05) is 13.1 Å². The lowest BCUT2D eigenvalue weighted by molar-refractivity contribution is 0.139. The Morgan fingerprint density at radius 1 is 1.29 bits per heavy atom. The summed E-state index contributed by atoms with van der Waals surface area (Å²) >= 11 is 0. The molecule has 0 amide bonds. The maximum atomic E-state index is 5.92. The highest BCUT2D eigenvalue weighted by Crippen LogP contribution is 2.30. The molecule has 0 atom stereocenters. The Bertz CT molecular complexity index is 602. The van der Waals surface area contributed by atoms with Crippen molar-refractivity contribution in [3.8, 4) is 5.88 Å². The van der Waals surface area contributed by atoms with Crippen LogP contribution in [0.25, 0.3) is 10.9 Å². The maximum absolute atomic E-state index is 5.92. The summed E-state index contributed by atoms with van der Waals surface area (Å²) in [6.45, 7) is 13.6. The summed E-state index contributed by atoms with van der Waals surface area (Å²) in [7, 11) is 0. The molecule has 0 N–H and O–H groups in total. The van der Waals surface area contributed by atoms with Crippen LogP contribution in [0.2, 0.25) is 0 Å². The third-order valence-electron chi connectivity index (χ3n) is 3.73. The monoisotopic (exact) mass is 290 g/mol. The number of aryl methyl sites for hydroxylation is 1. The highest BCUT2D eigenvalue weighted by Gasteiger charge is 2.16. The molecule has 0 saturated heterocycles. The first-order chi connectivity index (χ1) is 10.1. The predicted octanol–water partition coefficient (Wildman–Crippen LogP) is 3.72. The minimum Gasteiger partial charge on any atom is -0.476 e. The van der Waals surface area contributed by atoms with E-state index in [9.17, 15) is 0 Å². The predicted molar refractivity (Wildman–Crippen MR) is 86.0 cm³/mol. The molecule has 2 heterocycles. The Hall–Kier alpha value is -1.55. The van der Waals surface area contributed by atoms with Gasteiger partial charge in [0.2, 0.25) is 5.88 Å². The number of hydrogen-bond acceptors (Lipinski definition) is 3. The van der Waals surface area contributed by atoms with E-state index in [0.717, 1.165) is 24.5 Å². The van der Waals surface area contributed by atoms with Crippen molar-refractivity contribution in [2.45, 2.75) is 41.2 Å². The number of nitrogens with zero attached hydrogens (tertiary/aromatic N) is 2. The van der Waals surface area contributed by atoms with Crippen molar-refractivity contribution in [1.29, 1.82) is 0 Å². The van der Waals surface area contributed by atoms with Crippen molar-refractivity contribution < 1.29 is 9.47 Å². The average Bonchev–Trinajstić information content (AvgIpc) is 2.71. The van der Waals surface area contributed by atoms with Crippen LogP contribution in [0, 0.1) is 19.8 Å². The van der Waals surface area contributed by atoms with E-state index < -0.39 is 0 Å². The molecule has 21 heavy (non-hydrogen) atoms. The third kappa shape index (κ3) is 3.38. The number of ether oxygens (including phenoxy) is 2. The van der Waals surface area contributed by atoms with Crippen molar-refractivity contribution in [2.75, 3.05) is 19.8 Å². The largest absolute Gasteiger partial charge is 0.476 e. The molecule has 4 nitrogen and oxygen atoms in total. The van der Waals surface area contributed by atoms with Crippen LogP contribution in [-0.2, 0) is 11.3 Å². The highest BCUT2D eigenvalue weighted by molar-refractivity contribution is 5.88. The van der Waals surface area contributed by atoms with Gasteiger partial charge in [0.15, 0.2) is 0 Å². The molecule has 4 heteroatoms. The Morgan fingerprint density at radius 2 is 2.05 bits per heavy atom. The number of hydrogen-bond donors (Lipinski definition) is 0. The normalized spacial score (nSPS) is 11.5. The molecule has 0 bridgehead atoms. The van der Waals surface area contributed by atoms with Gasteiger partial charge in [0.05, 0.1) is 13.2 Å². The Morgan fingerprint density at radius 3 is 2.71 bits per heavy atom. The van der Waals surface area contributed by atoms with Crippen LogP contribution in [0.3, 0.4) is 0 Å². The summed E-state index contributed by atoms with van der Waals surface area (Å²) in [6, 6.07) is 2.07. The smallest absolute Gasteiger partial charge is 0.238 e. The molecule has 0 spiro atoms. The van der Waals surface area contributed by atoms with E-state index in [0.29, 0.717) is 19.1 Å². The highest BCUT2D eigenvalue weighted by atomic mass is 16.5. The van der Waals surface area contributed by atoms with Gasteiger partial charge in [-0.25, -0.2) is 4.98 Å². The van der Waals surface area contributed by atoms with E-state index in [1.54, 1.807) is 0 Å². The minimum atomic E-state index is 0.482. The lowest BCUT2D eigenvalue weighted by Gasteiger charge is -2.13. The number of aromatic nitrogens is 2. The fraction of sp³-hybridized carbons (Fsp3) is 0.588. The number of fused-ring (bicyclic) bond motifs is 1. The van der Waals surface area contributed by atoms with Gasteiger partial charge >= 0.3 is 0 Å². The second-order valence-corrected chi connectivity index (χ2v) is 5.78. The summed E-state index contributed by atoms with van der Waals surface area (Å²) < 4.78 is 13.7. The lowest BCUT2D eigenvalue weighted by atomic mass is 10.2. The van der Waals surface area contributed by atoms with Crippen LogP contribution in [-0.4, -0.2) is 29.4 Å². The molecular formula is C17H26N2O2. The van der Waals surface area contributed by atoms with Crippen molar-refractivity contribution in [3.05, 3.63) is 23.5 Å². The Balaban J connectivity index is 2.42. The van der Waals surface area contributed by atoms with Gasteiger partial charge in [-0.1, -0.05) is 13.8 Å². The average molecular weight is 290 g/mol. The van der Waals surface area contributed by atoms with E-state index in [-0.39, 0.29) is 0 Å². The van der Waals surface area contributed by atoms with Crippen molar-refractivity contribution in [3.63, 3.8) is 0 Å². The standard InChI is InChI=1S/C17H26N2O2/c1-6-20-10-9-19-14(5)13(4)15-7-8-18-17(16(15)19)21-11-12(2)3/h7-8,12H,6,9-11H2,1-5H3. The molecule has 0 unspecified atom stereocenters. The van der Waals surface area contributed by atoms with E-state index in [2.05, 4.69) is 43.3 Å². The molecule has 2 aromatic heterocycles. The Labute approximate surface area is 127 Å². The van der Waals surface area contributed by atoms with E-state index >= 15 is 0 Å². The second kappa shape index (κ2) is 6.94. The van der Waals surface area contributed by atoms with Gasteiger partial charge < -0.3 is 14.0 Å². The first-order valence-electron chi connectivity index (χ1n) is 7.71. The minimum absolute atomic E-state index is 0.482. The summed E-state index contributed by atoms with van der Waals surface area (Å²) in [6.07, 6.45) is 1.83. The topological polar surface area (TPSA) is 36.3 Å².